The zero-order valence-corrected chi connectivity index (χ0v) is 44.4. The Morgan fingerprint density at radius 2 is 1.65 bits per heavy atom. The molecule has 21 heteroatoms. The summed E-state index contributed by atoms with van der Waals surface area (Å²) in [4.78, 5) is 52.8. The first-order valence-corrected chi connectivity index (χ1v) is 27.1. The average Bonchev–Trinajstić information content (AvgIpc) is 4.28. The number of aryl methyl sites for hydroxylation is 1. The maximum absolute atomic E-state index is 14.2. The lowest BCUT2D eigenvalue weighted by Gasteiger charge is -2.43. The van der Waals surface area contributed by atoms with Crippen molar-refractivity contribution >= 4 is 40.3 Å². The molecule has 2 aromatic carbocycles. The van der Waals surface area contributed by atoms with Gasteiger partial charge in [0.15, 0.2) is 23.9 Å². The summed E-state index contributed by atoms with van der Waals surface area (Å²) in [6.07, 6.45) is 7.56. The Bertz CT molecular complexity index is 3330. The molecule has 2 amide bonds. The van der Waals surface area contributed by atoms with Crippen molar-refractivity contribution < 1.29 is 38.5 Å². The number of aliphatic hydroxyl groups excluding tert-OH is 1. The first-order valence-electron chi connectivity index (χ1n) is 26.3. The molecular formula is C57H60N12O8S. The highest BCUT2D eigenvalue weighted by Gasteiger charge is 2.44. The molecular weight excluding hydrogens is 1010 g/mol. The molecule has 3 saturated heterocycles. The van der Waals surface area contributed by atoms with E-state index in [1.807, 2.05) is 87.8 Å². The summed E-state index contributed by atoms with van der Waals surface area (Å²) in [6.45, 7) is 9.13. The van der Waals surface area contributed by atoms with Crippen molar-refractivity contribution in [3.63, 3.8) is 0 Å². The third-order valence-electron chi connectivity index (χ3n) is 15.0. The van der Waals surface area contributed by atoms with Gasteiger partial charge in [-0.15, -0.1) is 21.5 Å². The predicted molar refractivity (Wildman–Crippen MR) is 291 cm³/mol. The summed E-state index contributed by atoms with van der Waals surface area (Å²) >= 11 is 1.58. The number of carbonyl (C=O) groups excluding carboxylic acids is 2. The van der Waals surface area contributed by atoms with Crippen molar-refractivity contribution in [1.29, 1.82) is 0 Å². The summed E-state index contributed by atoms with van der Waals surface area (Å²) in [6, 6.07) is 21.9. The van der Waals surface area contributed by atoms with Gasteiger partial charge in [0, 0.05) is 80.6 Å². The summed E-state index contributed by atoms with van der Waals surface area (Å²) in [5.74, 6) is 6.38. The normalized spacial score (nSPS) is 21.3. The number of piperazine rings is 1. The Kier molecular flexibility index (Phi) is 14.8. The van der Waals surface area contributed by atoms with Crippen LogP contribution >= 0.6 is 11.3 Å². The fraction of sp³-hybridized carbons (Fsp3) is 0.386. The molecule has 2 unspecified atom stereocenters. The number of ether oxygens (including phenoxy) is 3. The molecule has 8 heterocycles. The van der Waals surface area contributed by atoms with Crippen LogP contribution in [0.5, 0.6) is 23.3 Å². The molecule has 0 spiro atoms. The van der Waals surface area contributed by atoms with Gasteiger partial charge in [0.2, 0.25) is 23.5 Å². The molecule has 3 aliphatic heterocycles. The molecule has 6 atom stereocenters. The summed E-state index contributed by atoms with van der Waals surface area (Å²) in [7, 11) is 0. The second kappa shape index (κ2) is 22.3. The predicted octanol–water partition coefficient (Wildman–Crippen LogP) is 6.89. The van der Waals surface area contributed by atoms with Crippen molar-refractivity contribution in [3.8, 4) is 56.8 Å². The monoisotopic (exact) mass is 1070 g/mol. The second-order valence-electron chi connectivity index (χ2n) is 20.7. The lowest BCUT2D eigenvalue weighted by atomic mass is 9.91. The largest absolute Gasteiger partial charge is 0.507 e. The van der Waals surface area contributed by atoms with E-state index in [0.29, 0.717) is 41.5 Å². The molecule has 1 saturated carbocycles. The Morgan fingerprint density at radius 1 is 0.897 bits per heavy atom. The number of hydrogen-bond donors (Lipinski definition) is 4. The van der Waals surface area contributed by atoms with Gasteiger partial charge in [-0.05, 0) is 79.1 Å². The fourth-order valence-corrected chi connectivity index (χ4v) is 11.8. The van der Waals surface area contributed by atoms with Crippen LogP contribution in [0.1, 0.15) is 87.7 Å². The van der Waals surface area contributed by atoms with Gasteiger partial charge in [-0.1, -0.05) is 56.2 Å². The number of amides is 2. The molecule has 7 aromatic rings. The molecule has 0 radical (unpaired) electrons. The molecule has 5 aromatic heterocycles. The number of phenolic OH excluding ortho intramolecular Hbond substituents is 1. The van der Waals surface area contributed by atoms with Crippen molar-refractivity contribution in [2.45, 2.75) is 108 Å². The van der Waals surface area contributed by atoms with Crippen LogP contribution in [0.2, 0.25) is 0 Å². The van der Waals surface area contributed by atoms with Crippen LogP contribution in [0.25, 0.3) is 21.7 Å². The number of aliphatic hydroxyl groups is 1. The van der Waals surface area contributed by atoms with Gasteiger partial charge in [-0.3, -0.25) is 9.59 Å². The maximum atomic E-state index is 14.2. The molecule has 20 nitrogen and oxygen atoms in total. The number of phenols is 1. The maximum Gasteiger partial charge on any atom is 0.255 e. The molecule has 11 rings (SSSR count). The highest BCUT2D eigenvalue weighted by Crippen LogP contribution is 2.41. The van der Waals surface area contributed by atoms with Crippen molar-refractivity contribution in [2.24, 2.45) is 5.92 Å². The quantitative estimate of drug-likeness (QED) is 0.0719. The SMILES string of the molecule is Cc1ncsc1-c1ccc([C@H](C)NC(=O)[C@@H]2C[C@@H](O)CN2C(=O)[C@@H](c2cc(OCC#Cc3ncc(OC4CC(Oc5cc(N6C7CCC6CN(c6cc(-c8ccccc8O)nnc6N)C7)ccn5)C4)cn3)no2)C(C)C)cc1. The number of anilines is 3. The minimum Gasteiger partial charge on any atom is -0.507 e. The van der Waals surface area contributed by atoms with Gasteiger partial charge in [-0.2, -0.15) is 0 Å². The van der Waals surface area contributed by atoms with Crippen LogP contribution in [0.3, 0.4) is 0 Å². The lowest BCUT2D eigenvalue weighted by molar-refractivity contribution is -0.141. The van der Waals surface area contributed by atoms with Gasteiger partial charge < -0.3 is 54.7 Å². The minimum absolute atomic E-state index is 0.0162. The molecule has 4 aliphatic rings. The second-order valence-corrected chi connectivity index (χ2v) is 21.5. The first-order chi connectivity index (χ1) is 37.8. The van der Waals surface area contributed by atoms with E-state index in [1.54, 1.807) is 48.1 Å². The lowest BCUT2D eigenvalue weighted by Crippen LogP contribution is -2.54. The van der Waals surface area contributed by atoms with E-state index in [9.17, 15) is 19.8 Å². The number of aromatic nitrogens is 7. The van der Waals surface area contributed by atoms with Crippen LogP contribution in [0.15, 0.2) is 101 Å². The summed E-state index contributed by atoms with van der Waals surface area (Å²) < 4.78 is 23.9. The first kappa shape index (κ1) is 51.7. The van der Waals surface area contributed by atoms with E-state index in [2.05, 4.69) is 62.2 Å². The number of benzene rings is 2. The Hall–Kier alpha value is -8.35. The van der Waals surface area contributed by atoms with Crippen molar-refractivity contribution in [1.82, 2.24) is 45.5 Å². The standard InChI is InChI=1S/C57H60N12O8S/c1-32(2)53(57(73)68-30-40(70)21-47(68)56(72)63-33(3)35-11-13-36(14-12-35)54-34(4)62-31-78-54)49-25-52(66-77-49)74-19-7-10-50-60-26-43(27-61-50)75-41-22-42(23-41)76-51-20-37(17-18-59-51)69-38-15-16-39(69)29-67(28-38)46-24-45(64-65-55(46)58)44-8-5-6-9-48(44)71/h5-6,8-9,11-14,17-18,20,24-27,31-33,38-42,47,53,70-71H,15-16,19,21-23,28-30H2,1-4H3,(H2,58,65)(H,63,72)/t33-,38?,39?,40+,41?,42?,47-,53+/m0/s1. The molecule has 4 fully saturated rings. The molecule has 1 aliphatic carbocycles. The van der Waals surface area contributed by atoms with Gasteiger partial charge in [0.1, 0.15) is 29.9 Å². The van der Waals surface area contributed by atoms with Gasteiger partial charge in [0.25, 0.3) is 5.88 Å². The number of hydrogen-bond acceptors (Lipinski definition) is 19. The number of aromatic hydroxyl groups is 1. The smallest absolute Gasteiger partial charge is 0.255 e. The van der Waals surface area contributed by atoms with E-state index in [0.717, 1.165) is 59.0 Å². The van der Waals surface area contributed by atoms with Crippen molar-refractivity contribution in [3.05, 3.63) is 120 Å². The number of carbonyl (C=O) groups is 2. The number of thiazole rings is 1. The highest BCUT2D eigenvalue weighted by molar-refractivity contribution is 7.13. The summed E-state index contributed by atoms with van der Waals surface area (Å²) in [5.41, 5.74) is 14.2. The number of pyridine rings is 1. The van der Waals surface area contributed by atoms with Crippen LogP contribution in [-0.2, 0) is 9.59 Å². The van der Waals surface area contributed by atoms with E-state index in [4.69, 9.17) is 24.5 Å². The zero-order valence-electron chi connectivity index (χ0n) is 43.6. The molecule has 402 valence electrons. The topological polar surface area (TPSA) is 253 Å². The zero-order chi connectivity index (χ0) is 54.0. The number of likely N-dealkylation sites (tertiary alicyclic amines) is 1. The van der Waals surface area contributed by atoms with Crippen LogP contribution in [0, 0.1) is 24.7 Å². The number of rotatable bonds is 16. The number of fused-ring (bicyclic) bond motifs is 2. The number of nitrogen functional groups attached to an aromatic ring is 1. The highest BCUT2D eigenvalue weighted by atomic mass is 32.1. The van der Waals surface area contributed by atoms with E-state index in [1.165, 1.54) is 4.90 Å². The van der Waals surface area contributed by atoms with Crippen LogP contribution in [0.4, 0.5) is 17.2 Å². The number of β-amino-alcohol motifs (C(OH)–C–C–N with tert-alkyl or cyclic N) is 1. The molecule has 5 N–H and O–H groups in total. The van der Waals surface area contributed by atoms with E-state index < -0.39 is 18.1 Å². The van der Waals surface area contributed by atoms with Gasteiger partial charge in [0.05, 0.1) is 52.0 Å². The number of nitrogens with one attached hydrogen (secondary N) is 1. The Labute approximate surface area is 455 Å². The minimum atomic E-state index is -0.866. The van der Waals surface area contributed by atoms with E-state index in [-0.39, 0.29) is 90.9 Å². The molecule has 78 heavy (non-hydrogen) atoms. The van der Waals surface area contributed by atoms with Gasteiger partial charge >= 0.3 is 0 Å². The fourth-order valence-electron chi connectivity index (χ4n) is 11.0. The molecule has 2 bridgehead atoms. The number of para-hydroxylation sites is 1. The Morgan fingerprint density at radius 3 is 2.38 bits per heavy atom. The number of nitrogens with zero attached hydrogens (tertiary/aromatic N) is 10. The van der Waals surface area contributed by atoms with Crippen LogP contribution < -0.4 is 35.1 Å². The Balaban J connectivity index is 0.627. The third-order valence-corrected chi connectivity index (χ3v) is 15.9. The van der Waals surface area contributed by atoms with Crippen LogP contribution in [-0.4, -0.2) is 125 Å². The summed E-state index contributed by atoms with van der Waals surface area (Å²) in [5, 5.41) is 36.8. The van der Waals surface area contributed by atoms with Crippen molar-refractivity contribution in [2.75, 3.05) is 41.8 Å². The third kappa shape index (κ3) is 11.1. The number of nitrogens with two attached hydrogens (primary N) is 1. The van der Waals surface area contributed by atoms with Gasteiger partial charge in [-0.25, -0.2) is 19.9 Å². The average molecular weight is 1070 g/mol. The van der Waals surface area contributed by atoms with E-state index >= 15 is 0 Å².